The maximum Gasteiger partial charge on any atom is 0.250 e. The molecule has 0 radical (unpaired) electrons. The molecule has 0 aliphatic carbocycles. The molecular formula is C24H36F2O3Si2. The van der Waals surface area contributed by atoms with Gasteiger partial charge in [0, 0.05) is 0 Å². The van der Waals surface area contributed by atoms with Gasteiger partial charge in [0.1, 0.15) is 11.5 Å². The van der Waals surface area contributed by atoms with Crippen molar-refractivity contribution in [3.63, 3.8) is 0 Å². The van der Waals surface area contributed by atoms with Gasteiger partial charge >= 0.3 is 0 Å². The van der Waals surface area contributed by atoms with Crippen molar-refractivity contribution in [1.29, 1.82) is 0 Å². The molecule has 3 nitrogen and oxygen atoms in total. The van der Waals surface area contributed by atoms with Gasteiger partial charge in [0.15, 0.2) is 11.5 Å². The SMILES string of the molecule is CC(C)(C)[Si](C)(C)Oc1cccc(Oc2cccc(O[Si](C)(C)C(C)(C)C)c2F)c1F. The third-order valence-corrected chi connectivity index (χ3v) is 15.1. The van der Waals surface area contributed by atoms with E-state index < -0.39 is 28.3 Å². The minimum absolute atomic E-state index is 0.0837. The van der Waals surface area contributed by atoms with E-state index in [0.29, 0.717) is 0 Å². The van der Waals surface area contributed by atoms with Crippen LogP contribution in [-0.4, -0.2) is 16.6 Å². The van der Waals surface area contributed by atoms with E-state index in [4.69, 9.17) is 13.6 Å². The maximum atomic E-state index is 15.2. The highest BCUT2D eigenvalue weighted by molar-refractivity contribution is 6.75. The van der Waals surface area contributed by atoms with Gasteiger partial charge in [-0.1, -0.05) is 53.7 Å². The molecule has 0 aliphatic heterocycles. The third kappa shape index (κ3) is 5.69. The van der Waals surface area contributed by atoms with E-state index in [0.717, 1.165) is 0 Å². The molecule has 0 N–H and O–H groups in total. The van der Waals surface area contributed by atoms with Gasteiger partial charge in [-0.25, -0.2) is 0 Å². The maximum absolute atomic E-state index is 15.2. The predicted octanol–water partition coefficient (Wildman–Crippen LogP) is 8.53. The van der Waals surface area contributed by atoms with Crippen molar-refractivity contribution in [1.82, 2.24) is 0 Å². The molecular weight excluding hydrogens is 430 g/mol. The lowest BCUT2D eigenvalue weighted by atomic mass is 10.2. The molecule has 0 bridgehead atoms. The zero-order chi connectivity index (χ0) is 23.8. The topological polar surface area (TPSA) is 27.7 Å². The first-order chi connectivity index (χ1) is 14.0. The lowest BCUT2D eigenvalue weighted by Gasteiger charge is -2.36. The Labute approximate surface area is 188 Å². The lowest BCUT2D eigenvalue weighted by Crippen LogP contribution is -2.44. The van der Waals surface area contributed by atoms with Crippen LogP contribution in [0.2, 0.25) is 36.3 Å². The Bertz CT molecular complexity index is 854. The van der Waals surface area contributed by atoms with Gasteiger partial charge in [-0.05, 0) is 60.5 Å². The van der Waals surface area contributed by atoms with E-state index in [1.807, 2.05) is 26.2 Å². The van der Waals surface area contributed by atoms with Crippen LogP contribution in [-0.2, 0) is 0 Å². The fourth-order valence-corrected chi connectivity index (χ4v) is 4.30. The summed E-state index contributed by atoms with van der Waals surface area (Å²) in [5.41, 5.74) is 0. The monoisotopic (exact) mass is 466 g/mol. The number of ether oxygens (including phenoxy) is 1. The Hall–Kier alpha value is -1.87. The van der Waals surface area contributed by atoms with Crippen molar-refractivity contribution in [3.8, 4) is 23.0 Å². The molecule has 0 spiro atoms. The summed E-state index contributed by atoms with van der Waals surface area (Å²) >= 11 is 0. The van der Waals surface area contributed by atoms with Gasteiger partial charge in [-0.15, -0.1) is 0 Å². The van der Waals surface area contributed by atoms with E-state index in [-0.39, 0.29) is 33.1 Å². The van der Waals surface area contributed by atoms with Crippen LogP contribution in [0.25, 0.3) is 0 Å². The summed E-state index contributed by atoms with van der Waals surface area (Å²) in [4.78, 5) is 0. The molecule has 0 aliphatic rings. The summed E-state index contributed by atoms with van der Waals surface area (Å²) in [6, 6.07) is 9.39. The normalized spacial score (nSPS) is 13.2. The summed E-state index contributed by atoms with van der Waals surface area (Å²) in [7, 11) is -4.48. The van der Waals surface area contributed by atoms with Crippen LogP contribution in [0.3, 0.4) is 0 Å². The second-order valence-corrected chi connectivity index (χ2v) is 20.4. The molecule has 0 aromatic heterocycles. The second-order valence-electron chi connectivity index (χ2n) is 11.0. The van der Waals surface area contributed by atoms with Crippen LogP contribution >= 0.6 is 0 Å². The van der Waals surface area contributed by atoms with Crippen LogP contribution in [0.5, 0.6) is 23.0 Å². The van der Waals surface area contributed by atoms with Gasteiger partial charge in [-0.3, -0.25) is 0 Å². The Morgan fingerprint density at radius 3 is 1.16 bits per heavy atom. The quantitative estimate of drug-likeness (QED) is 0.399. The van der Waals surface area contributed by atoms with Gasteiger partial charge in [0.05, 0.1) is 0 Å². The zero-order valence-electron chi connectivity index (χ0n) is 20.4. The predicted molar refractivity (Wildman–Crippen MR) is 129 cm³/mol. The Morgan fingerprint density at radius 2 is 0.871 bits per heavy atom. The average Bonchev–Trinajstić information content (AvgIpc) is 2.59. The summed E-state index contributed by atoms with van der Waals surface area (Å²) < 4.78 is 48.2. The van der Waals surface area contributed by atoms with Gasteiger partial charge < -0.3 is 13.6 Å². The van der Waals surface area contributed by atoms with Gasteiger partial charge in [-0.2, -0.15) is 8.78 Å². The van der Waals surface area contributed by atoms with Crippen molar-refractivity contribution in [2.24, 2.45) is 0 Å². The molecule has 2 rings (SSSR count). The number of halogens is 2. The van der Waals surface area contributed by atoms with Gasteiger partial charge in [0.25, 0.3) is 16.6 Å². The molecule has 2 aromatic rings. The first-order valence-corrected chi connectivity index (χ1v) is 16.4. The van der Waals surface area contributed by atoms with E-state index in [2.05, 4.69) is 41.5 Å². The first kappa shape index (κ1) is 25.4. The van der Waals surface area contributed by atoms with Crippen molar-refractivity contribution in [3.05, 3.63) is 48.0 Å². The minimum Gasteiger partial charge on any atom is -0.541 e. The number of rotatable bonds is 6. The minimum atomic E-state index is -2.24. The highest BCUT2D eigenvalue weighted by Gasteiger charge is 2.40. The molecule has 0 saturated heterocycles. The van der Waals surface area contributed by atoms with Crippen LogP contribution in [0.15, 0.2) is 36.4 Å². The Balaban J connectivity index is 2.34. The zero-order valence-corrected chi connectivity index (χ0v) is 22.4. The van der Waals surface area contributed by atoms with Gasteiger partial charge in [0.2, 0.25) is 11.6 Å². The van der Waals surface area contributed by atoms with Crippen molar-refractivity contribution < 1.29 is 22.4 Å². The molecule has 0 fully saturated rings. The lowest BCUT2D eigenvalue weighted by molar-refractivity contribution is 0.384. The number of hydrogen-bond acceptors (Lipinski definition) is 3. The van der Waals surface area contributed by atoms with E-state index in [1.165, 1.54) is 12.1 Å². The van der Waals surface area contributed by atoms with E-state index >= 15 is 8.78 Å². The molecule has 0 atom stereocenters. The van der Waals surface area contributed by atoms with Crippen LogP contribution in [0.1, 0.15) is 41.5 Å². The molecule has 2 aromatic carbocycles. The van der Waals surface area contributed by atoms with Crippen LogP contribution in [0.4, 0.5) is 8.78 Å². The van der Waals surface area contributed by atoms with Crippen LogP contribution in [0, 0.1) is 11.6 Å². The van der Waals surface area contributed by atoms with Crippen molar-refractivity contribution >= 4 is 16.6 Å². The van der Waals surface area contributed by atoms with Crippen molar-refractivity contribution in [2.75, 3.05) is 0 Å². The van der Waals surface area contributed by atoms with Crippen LogP contribution < -0.4 is 13.6 Å². The fraction of sp³-hybridized carbons (Fsp3) is 0.500. The molecule has 0 heterocycles. The van der Waals surface area contributed by atoms with E-state index in [9.17, 15) is 0 Å². The molecule has 31 heavy (non-hydrogen) atoms. The average molecular weight is 467 g/mol. The van der Waals surface area contributed by atoms with E-state index in [1.54, 1.807) is 24.3 Å². The number of benzene rings is 2. The van der Waals surface area contributed by atoms with Crippen molar-refractivity contribution in [2.45, 2.75) is 77.8 Å². The molecule has 7 heteroatoms. The summed E-state index contributed by atoms with van der Waals surface area (Å²) in [6.07, 6.45) is 0. The highest BCUT2D eigenvalue weighted by atomic mass is 28.4. The first-order valence-electron chi connectivity index (χ1n) is 10.6. The summed E-state index contributed by atoms with van der Waals surface area (Å²) in [5.74, 6) is -1.19. The summed E-state index contributed by atoms with van der Waals surface area (Å²) in [6.45, 7) is 20.7. The molecule has 0 saturated carbocycles. The third-order valence-electron chi connectivity index (χ3n) is 6.42. The summed E-state index contributed by atoms with van der Waals surface area (Å²) in [5, 5.41) is -0.171. The Kier molecular flexibility index (Phi) is 7.03. The Morgan fingerprint density at radius 1 is 0.581 bits per heavy atom. The molecule has 0 amide bonds. The standard InChI is InChI=1S/C24H36F2O3Si2/c1-23(2,3)30(7,8)28-19-15-11-13-17(21(19)25)27-18-14-12-16-20(22(18)26)29-31(9,10)24(4,5)6/h11-16H,1-10H3. The molecule has 0 unspecified atom stereocenters. The second kappa shape index (κ2) is 8.58. The molecule has 172 valence electrons. The fourth-order valence-electron chi connectivity index (χ4n) is 2.27. The number of hydrogen-bond donors (Lipinski definition) is 0. The smallest absolute Gasteiger partial charge is 0.250 e. The largest absolute Gasteiger partial charge is 0.541 e. The highest BCUT2D eigenvalue weighted by Crippen LogP contribution is 2.42.